The van der Waals surface area contributed by atoms with Gasteiger partial charge in [0.2, 0.25) is 11.8 Å². The summed E-state index contributed by atoms with van der Waals surface area (Å²) >= 11 is 0. The molecule has 31 heavy (non-hydrogen) atoms. The smallest absolute Gasteiger partial charge is 0.244 e. The number of nitrogens with two attached hydrogens (primary N) is 1. The molecule has 1 aromatic heterocycles. The molecule has 0 saturated carbocycles. The van der Waals surface area contributed by atoms with Crippen LogP contribution in [0.25, 0.3) is 0 Å². The Bertz CT molecular complexity index is 1150. The third kappa shape index (κ3) is 3.98. The van der Waals surface area contributed by atoms with Crippen LogP contribution < -0.4 is 24.7 Å². The molecule has 3 aromatic rings. The molecule has 0 amide bonds. The van der Waals surface area contributed by atoms with Gasteiger partial charge in [-0.15, -0.1) is 5.10 Å². The van der Waals surface area contributed by atoms with Crippen molar-refractivity contribution in [2.24, 2.45) is 5.73 Å². The molecular formula is C23H22N4O4. The van der Waals surface area contributed by atoms with E-state index in [2.05, 4.69) is 16.3 Å². The molecule has 0 spiro atoms. The van der Waals surface area contributed by atoms with E-state index in [0.29, 0.717) is 41.9 Å². The third-order valence-corrected chi connectivity index (χ3v) is 5.02. The Labute approximate surface area is 179 Å². The lowest BCUT2D eigenvalue weighted by molar-refractivity contribution is 0.211. The quantitative estimate of drug-likeness (QED) is 0.565. The van der Waals surface area contributed by atoms with Gasteiger partial charge in [0.15, 0.2) is 11.5 Å². The second-order valence-electron chi connectivity index (χ2n) is 6.91. The van der Waals surface area contributed by atoms with Crippen LogP contribution in [0, 0.1) is 18.3 Å². The van der Waals surface area contributed by atoms with E-state index in [-0.39, 0.29) is 11.8 Å². The van der Waals surface area contributed by atoms with E-state index in [9.17, 15) is 5.26 Å². The minimum absolute atomic E-state index is 0.0697. The van der Waals surface area contributed by atoms with Crippen molar-refractivity contribution in [1.29, 1.82) is 5.26 Å². The minimum Gasteiger partial charge on any atom is -0.493 e. The Hall–Kier alpha value is -4.12. The average Bonchev–Trinajstić information content (AvgIpc) is 3.16. The summed E-state index contributed by atoms with van der Waals surface area (Å²) in [5, 5.41) is 16.7. The molecule has 0 radical (unpaired) electrons. The van der Waals surface area contributed by atoms with Crippen molar-refractivity contribution in [2.45, 2.75) is 12.8 Å². The number of nitriles is 1. The number of methoxy groups -OCH3 is 1. The van der Waals surface area contributed by atoms with Crippen molar-refractivity contribution in [3.63, 3.8) is 0 Å². The highest BCUT2D eigenvalue weighted by atomic mass is 16.5. The molecule has 0 fully saturated rings. The summed E-state index contributed by atoms with van der Waals surface area (Å²) in [5.41, 5.74) is 8.84. The van der Waals surface area contributed by atoms with Crippen LogP contribution in [0.1, 0.15) is 22.7 Å². The highest BCUT2D eigenvalue weighted by Crippen LogP contribution is 2.42. The molecule has 3 N–H and O–H groups in total. The molecule has 2 heterocycles. The molecule has 1 unspecified atom stereocenters. The lowest BCUT2D eigenvalue weighted by Gasteiger charge is -2.23. The Balaban J connectivity index is 1.44. The molecule has 1 aliphatic rings. The van der Waals surface area contributed by atoms with Crippen LogP contribution >= 0.6 is 0 Å². The number of nitrogens with one attached hydrogen (secondary N) is 1. The fourth-order valence-corrected chi connectivity index (χ4v) is 3.54. The van der Waals surface area contributed by atoms with E-state index in [4.69, 9.17) is 24.7 Å². The first-order chi connectivity index (χ1) is 15.1. The van der Waals surface area contributed by atoms with E-state index in [0.717, 1.165) is 16.8 Å². The van der Waals surface area contributed by atoms with Gasteiger partial charge in [0.25, 0.3) is 0 Å². The monoisotopic (exact) mass is 418 g/mol. The Morgan fingerprint density at radius 1 is 1.10 bits per heavy atom. The molecule has 0 saturated heterocycles. The molecule has 2 aromatic carbocycles. The van der Waals surface area contributed by atoms with Crippen LogP contribution in [0.15, 0.2) is 60.0 Å². The maximum absolute atomic E-state index is 9.63. The lowest BCUT2D eigenvalue weighted by atomic mass is 9.84. The number of aromatic nitrogens is 2. The molecular weight excluding hydrogens is 396 g/mol. The Kier molecular flexibility index (Phi) is 5.67. The molecule has 1 atom stereocenters. The van der Waals surface area contributed by atoms with Gasteiger partial charge in [0, 0.05) is 11.3 Å². The number of benzene rings is 2. The average molecular weight is 418 g/mol. The van der Waals surface area contributed by atoms with Gasteiger partial charge in [0.1, 0.15) is 30.6 Å². The summed E-state index contributed by atoms with van der Waals surface area (Å²) in [7, 11) is 1.60. The Morgan fingerprint density at radius 3 is 2.52 bits per heavy atom. The summed E-state index contributed by atoms with van der Waals surface area (Å²) in [6.45, 7) is 2.63. The summed E-state index contributed by atoms with van der Waals surface area (Å²) < 4.78 is 22.3. The maximum atomic E-state index is 9.63. The molecule has 0 aliphatic carbocycles. The zero-order valence-corrected chi connectivity index (χ0v) is 17.2. The zero-order chi connectivity index (χ0) is 21.8. The molecule has 8 nitrogen and oxygen atoms in total. The maximum Gasteiger partial charge on any atom is 0.244 e. The minimum atomic E-state index is -0.351. The molecule has 4 rings (SSSR count). The fraction of sp³-hybridized carbons (Fsp3) is 0.217. The summed E-state index contributed by atoms with van der Waals surface area (Å²) in [4.78, 5) is 0. The number of para-hydroxylation sites is 2. The van der Waals surface area contributed by atoms with Crippen molar-refractivity contribution in [2.75, 3.05) is 20.3 Å². The van der Waals surface area contributed by atoms with Gasteiger partial charge in [-0.1, -0.05) is 24.3 Å². The first-order valence-electron chi connectivity index (χ1n) is 9.73. The molecule has 1 aliphatic heterocycles. The highest BCUT2D eigenvalue weighted by Gasteiger charge is 2.34. The van der Waals surface area contributed by atoms with E-state index in [1.807, 2.05) is 55.5 Å². The third-order valence-electron chi connectivity index (χ3n) is 5.02. The first-order valence-corrected chi connectivity index (χ1v) is 9.73. The number of H-pyrrole nitrogens is 1. The number of ether oxygens (including phenoxy) is 4. The van der Waals surface area contributed by atoms with Crippen LogP contribution in [-0.2, 0) is 0 Å². The van der Waals surface area contributed by atoms with Gasteiger partial charge < -0.3 is 24.7 Å². The number of rotatable bonds is 7. The second-order valence-corrected chi connectivity index (χ2v) is 6.91. The van der Waals surface area contributed by atoms with E-state index >= 15 is 0 Å². The van der Waals surface area contributed by atoms with E-state index < -0.39 is 0 Å². The predicted octanol–water partition coefficient (Wildman–Crippen LogP) is 3.40. The lowest BCUT2D eigenvalue weighted by Crippen LogP contribution is -2.21. The molecule has 8 heteroatoms. The molecule has 0 bridgehead atoms. The normalized spacial score (nSPS) is 14.9. The van der Waals surface area contributed by atoms with Gasteiger partial charge in [0.05, 0.1) is 13.0 Å². The van der Waals surface area contributed by atoms with Crippen LogP contribution in [0.5, 0.6) is 23.1 Å². The summed E-state index contributed by atoms with van der Waals surface area (Å²) in [5.74, 6) is 2.16. The number of fused-ring (bicyclic) bond motifs is 1. The van der Waals surface area contributed by atoms with Crippen molar-refractivity contribution >= 4 is 0 Å². The van der Waals surface area contributed by atoms with Crippen LogP contribution in [0.4, 0.5) is 0 Å². The number of aromatic amines is 1. The van der Waals surface area contributed by atoms with Gasteiger partial charge in [-0.25, -0.2) is 0 Å². The highest BCUT2D eigenvalue weighted by molar-refractivity contribution is 5.55. The van der Waals surface area contributed by atoms with Crippen molar-refractivity contribution in [1.82, 2.24) is 10.2 Å². The standard InChI is InChI=1S/C23H22N4O4/c1-14-20-21(17(13-24)22(25)31-23(20)27-26-14)15-7-9-16(10-8-15)29-11-12-30-19-6-4-3-5-18(19)28-2/h3-10,21H,11-12,25H2,1-2H3,(H,26,27). The van der Waals surface area contributed by atoms with Crippen LogP contribution in [-0.4, -0.2) is 30.5 Å². The first kappa shape index (κ1) is 20.2. The van der Waals surface area contributed by atoms with Crippen LogP contribution in [0.2, 0.25) is 0 Å². The summed E-state index contributed by atoms with van der Waals surface area (Å²) in [6.07, 6.45) is 0. The number of hydrogen-bond donors (Lipinski definition) is 2. The van der Waals surface area contributed by atoms with E-state index in [1.165, 1.54) is 0 Å². The zero-order valence-electron chi connectivity index (χ0n) is 17.2. The topological polar surface area (TPSA) is 115 Å². The van der Waals surface area contributed by atoms with Gasteiger partial charge in [-0.3, -0.25) is 5.10 Å². The Morgan fingerprint density at radius 2 is 1.81 bits per heavy atom. The van der Waals surface area contributed by atoms with Crippen molar-refractivity contribution in [3.8, 4) is 29.2 Å². The second kappa shape index (κ2) is 8.71. The largest absolute Gasteiger partial charge is 0.493 e. The number of hydrogen-bond acceptors (Lipinski definition) is 7. The fourth-order valence-electron chi connectivity index (χ4n) is 3.54. The number of aryl methyl sites for hydroxylation is 1. The van der Waals surface area contributed by atoms with Gasteiger partial charge in [-0.2, -0.15) is 5.26 Å². The predicted molar refractivity (Wildman–Crippen MR) is 113 cm³/mol. The SMILES string of the molecule is COc1ccccc1OCCOc1ccc(C2C(C#N)=C(N)Oc3n[nH]c(C)c32)cc1. The van der Waals surface area contributed by atoms with Gasteiger partial charge in [-0.05, 0) is 36.8 Å². The number of nitrogens with zero attached hydrogens (tertiary/aromatic N) is 2. The van der Waals surface area contributed by atoms with E-state index in [1.54, 1.807) is 7.11 Å². The van der Waals surface area contributed by atoms with Crippen LogP contribution in [0.3, 0.4) is 0 Å². The summed E-state index contributed by atoms with van der Waals surface area (Å²) in [6, 6.07) is 17.2. The van der Waals surface area contributed by atoms with Crippen molar-refractivity contribution in [3.05, 3.63) is 76.8 Å². The van der Waals surface area contributed by atoms with Gasteiger partial charge >= 0.3 is 0 Å². The molecule has 158 valence electrons. The van der Waals surface area contributed by atoms with Crippen molar-refractivity contribution < 1.29 is 18.9 Å². The number of allylic oxidation sites excluding steroid dienone is 1.